The van der Waals surface area contributed by atoms with E-state index < -0.39 is 29.3 Å². The number of carbonyl (C=O) groups is 1. The second-order valence-corrected chi connectivity index (χ2v) is 10.8. The molecule has 3 aliphatic rings. The monoisotopic (exact) mass is 550 g/mol. The zero-order valence-electron chi connectivity index (χ0n) is 22.3. The minimum Gasteiger partial charge on any atom is -0.491 e. The molecule has 1 saturated carbocycles. The van der Waals surface area contributed by atoms with Gasteiger partial charge in [-0.15, -0.1) is 0 Å². The predicted octanol–water partition coefficient (Wildman–Crippen LogP) is 4.42. The molecule has 6 rings (SSSR count). The normalized spacial score (nSPS) is 20.8. The average Bonchev–Trinajstić information content (AvgIpc) is 3.77. The number of benzene rings is 2. The van der Waals surface area contributed by atoms with Crippen LogP contribution in [0.25, 0.3) is 10.9 Å². The summed E-state index contributed by atoms with van der Waals surface area (Å²) in [4.78, 5) is 26.3. The van der Waals surface area contributed by atoms with E-state index in [9.17, 15) is 23.2 Å². The van der Waals surface area contributed by atoms with Crippen molar-refractivity contribution in [2.45, 2.75) is 44.7 Å². The second kappa shape index (κ2) is 9.84. The van der Waals surface area contributed by atoms with Crippen molar-refractivity contribution in [2.75, 3.05) is 31.1 Å². The van der Waals surface area contributed by atoms with Gasteiger partial charge in [0.25, 0.3) is 6.43 Å². The van der Waals surface area contributed by atoms with Crippen molar-refractivity contribution in [3.63, 3.8) is 0 Å². The molecule has 3 aromatic rings. The van der Waals surface area contributed by atoms with Crippen LogP contribution in [-0.4, -0.2) is 52.6 Å². The fourth-order valence-electron chi connectivity index (χ4n) is 5.77. The van der Waals surface area contributed by atoms with Gasteiger partial charge in [0, 0.05) is 50.1 Å². The molecule has 2 atom stereocenters. The Morgan fingerprint density at radius 2 is 2.02 bits per heavy atom. The molecular formula is C29H29F3N6O2. The van der Waals surface area contributed by atoms with Gasteiger partial charge < -0.3 is 19.1 Å². The first-order chi connectivity index (χ1) is 19.2. The third kappa shape index (κ3) is 4.35. The topological polar surface area (TPSA) is 86.8 Å². The molecule has 1 amide bonds. The number of aryl methyl sites for hydroxylation is 1. The third-order valence-corrected chi connectivity index (χ3v) is 8.27. The Balaban J connectivity index is 1.38. The second-order valence-electron chi connectivity index (χ2n) is 10.8. The zero-order valence-corrected chi connectivity index (χ0v) is 22.3. The number of halogens is 3. The van der Waals surface area contributed by atoms with Crippen molar-refractivity contribution < 1.29 is 22.7 Å². The fraction of sp³-hybridized carbons (Fsp3) is 0.448. The van der Waals surface area contributed by atoms with E-state index in [4.69, 9.17) is 4.74 Å². The van der Waals surface area contributed by atoms with Crippen LogP contribution in [0.15, 0.2) is 41.7 Å². The van der Waals surface area contributed by atoms with Crippen LogP contribution in [0.3, 0.4) is 0 Å². The van der Waals surface area contributed by atoms with E-state index in [1.165, 1.54) is 12.1 Å². The van der Waals surface area contributed by atoms with Gasteiger partial charge in [0.15, 0.2) is 5.49 Å². The first-order valence-electron chi connectivity index (χ1n) is 13.4. The molecule has 3 heterocycles. The maximum atomic E-state index is 14.9. The molecule has 0 spiro atoms. The summed E-state index contributed by atoms with van der Waals surface area (Å²) in [6.45, 7) is 3.73. The predicted molar refractivity (Wildman–Crippen MR) is 141 cm³/mol. The molecule has 1 aliphatic carbocycles. The van der Waals surface area contributed by atoms with Gasteiger partial charge in [-0.05, 0) is 25.8 Å². The number of hydrogen-bond acceptors (Lipinski definition) is 6. The maximum Gasteiger partial charge on any atom is 0.266 e. The van der Waals surface area contributed by atoms with Crippen LogP contribution in [0.5, 0.6) is 5.75 Å². The Labute approximate surface area is 229 Å². The number of aromatic nitrogens is 2. The highest BCUT2D eigenvalue weighted by molar-refractivity contribution is 5.89. The van der Waals surface area contributed by atoms with Crippen LogP contribution >= 0.6 is 0 Å². The number of rotatable bonds is 4. The molecule has 0 bridgehead atoms. The van der Waals surface area contributed by atoms with Crippen molar-refractivity contribution >= 4 is 22.5 Å². The molecular weight excluding hydrogens is 521 g/mol. The number of anilines is 1. The average molecular weight is 551 g/mol. The Hall–Kier alpha value is -4.07. The Morgan fingerprint density at radius 1 is 1.25 bits per heavy atom. The quantitative estimate of drug-likeness (QED) is 0.480. The molecule has 8 nitrogen and oxygen atoms in total. The zero-order chi connectivity index (χ0) is 28.2. The van der Waals surface area contributed by atoms with Gasteiger partial charge >= 0.3 is 0 Å². The molecule has 0 unspecified atom stereocenters. The van der Waals surface area contributed by atoms with Crippen molar-refractivity contribution in [3.05, 3.63) is 59.1 Å². The van der Waals surface area contributed by atoms with Crippen LogP contribution in [0.2, 0.25) is 0 Å². The number of fused-ring (bicyclic) bond motifs is 4. The Kier molecular flexibility index (Phi) is 6.44. The molecule has 2 aromatic carbocycles. The number of piperazine rings is 1. The molecule has 2 aliphatic heterocycles. The van der Waals surface area contributed by atoms with Crippen LogP contribution < -0.4 is 15.1 Å². The number of ether oxygens (including phenoxy) is 1. The number of hydrogen-bond donors (Lipinski definition) is 0. The van der Waals surface area contributed by atoms with Crippen LogP contribution in [-0.2, 0) is 11.8 Å². The minimum atomic E-state index is -2.92. The van der Waals surface area contributed by atoms with Crippen LogP contribution in [0.4, 0.5) is 18.9 Å². The first-order valence-corrected chi connectivity index (χ1v) is 13.4. The lowest BCUT2D eigenvalue weighted by Gasteiger charge is -2.42. The largest absolute Gasteiger partial charge is 0.491 e. The molecule has 11 heteroatoms. The maximum absolute atomic E-state index is 14.9. The van der Waals surface area contributed by atoms with Gasteiger partial charge in [0.05, 0.1) is 47.9 Å². The Morgan fingerprint density at radius 3 is 2.75 bits per heavy atom. The number of nitriles is 1. The first kappa shape index (κ1) is 26.2. The summed E-state index contributed by atoms with van der Waals surface area (Å²) < 4.78 is 49.4. The van der Waals surface area contributed by atoms with Crippen molar-refractivity contribution in [1.29, 1.82) is 5.26 Å². The number of nitrogens with zero attached hydrogens (tertiary/aromatic N) is 6. The van der Waals surface area contributed by atoms with Gasteiger partial charge in [0.1, 0.15) is 17.0 Å². The van der Waals surface area contributed by atoms with E-state index in [2.05, 4.69) is 20.9 Å². The summed E-state index contributed by atoms with van der Waals surface area (Å²) in [5.41, 5.74) is 0.602. The summed E-state index contributed by atoms with van der Waals surface area (Å²) in [6.07, 6.45) is 0.647. The fourth-order valence-corrected chi connectivity index (χ4v) is 5.77. The van der Waals surface area contributed by atoms with Crippen LogP contribution in [0.1, 0.15) is 49.8 Å². The van der Waals surface area contributed by atoms with Crippen molar-refractivity contribution in [3.8, 4) is 11.8 Å². The summed E-state index contributed by atoms with van der Waals surface area (Å²) in [5.74, 6) is -0.323. The highest BCUT2D eigenvalue weighted by Gasteiger charge is 2.53. The minimum absolute atomic E-state index is 0.0156. The molecule has 1 aromatic heterocycles. The summed E-state index contributed by atoms with van der Waals surface area (Å²) in [5, 5.41) is 10.2. The molecule has 2 fully saturated rings. The van der Waals surface area contributed by atoms with Crippen molar-refractivity contribution in [1.82, 2.24) is 14.5 Å². The van der Waals surface area contributed by atoms with E-state index in [-0.39, 0.29) is 17.5 Å². The lowest BCUT2D eigenvalue weighted by molar-refractivity contribution is -0.135. The van der Waals surface area contributed by atoms with Gasteiger partial charge in [-0.1, -0.05) is 18.2 Å². The van der Waals surface area contributed by atoms with E-state index in [0.717, 1.165) is 17.3 Å². The summed E-state index contributed by atoms with van der Waals surface area (Å²) >= 11 is 0. The number of amides is 1. The SMILES string of the molecule is C[C@@H](N=c1ncn(C)c2cc3c(cc12)N1CCN(C(=O)C2(C#N)CC2)C[C@@H]1CCO3)c1cccc(C(F)F)c1F. The van der Waals surface area contributed by atoms with E-state index in [1.807, 2.05) is 28.6 Å². The Bertz CT molecular complexity index is 1610. The number of alkyl halides is 2. The smallest absolute Gasteiger partial charge is 0.266 e. The van der Waals surface area contributed by atoms with Gasteiger partial charge in [-0.25, -0.2) is 18.2 Å². The third-order valence-electron chi connectivity index (χ3n) is 8.27. The standard InChI is InChI=1S/C29H29F3N6O2/c1-17(19-4-3-5-20(25(19)30)26(31)32)35-27-21-12-23-24(13-22(21)36(2)16-34-27)40-11-6-18-14-37(9-10-38(18)23)28(39)29(15-33)7-8-29/h3-5,12-13,16-18,26H,6-11,14H2,1-2H3/t17-,18+/m1/s1. The molecule has 1 saturated heterocycles. The lowest BCUT2D eigenvalue weighted by Crippen LogP contribution is -2.56. The highest BCUT2D eigenvalue weighted by atomic mass is 19.3. The van der Waals surface area contributed by atoms with Gasteiger partial charge in [-0.3, -0.25) is 9.79 Å². The van der Waals surface area contributed by atoms with E-state index >= 15 is 0 Å². The van der Waals surface area contributed by atoms with E-state index in [1.54, 1.807) is 13.3 Å². The lowest BCUT2D eigenvalue weighted by atomic mass is 10.0. The summed E-state index contributed by atoms with van der Waals surface area (Å²) in [6, 6.07) is 9.32. The number of carbonyl (C=O) groups excluding carboxylic acids is 1. The van der Waals surface area contributed by atoms with Crippen molar-refractivity contribution in [2.24, 2.45) is 17.5 Å². The molecule has 0 N–H and O–H groups in total. The van der Waals surface area contributed by atoms with Gasteiger partial charge in [0.2, 0.25) is 5.91 Å². The molecule has 0 radical (unpaired) electrons. The summed E-state index contributed by atoms with van der Waals surface area (Å²) in [7, 11) is 1.85. The molecule has 40 heavy (non-hydrogen) atoms. The molecule has 208 valence electrons. The van der Waals surface area contributed by atoms with E-state index in [0.29, 0.717) is 62.1 Å². The highest BCUT2D eigenvalue weighted by Crippen LogP contribution is 2.47. The van der Waals surface area contributed by atoms with Crippen LogP contribution in [0, 0.1) is 22.6 Å². The van der Waals surface area contributed by atoms with Gasteiger partial charge in [-0.2, -0.15) is 5.26 Å².